The predicted octanol–water partition coefficient (Wildman–Crippen LogP) is 3.39. The second-order valence-electron chi connectivity index (χ2n) is 4.14. The average Bonchev–Trinajstić information content (AvgIpc) is 2.46. The lowest BCUT2D eigenvalue weighted by Crippen LogP contribution is -2.18. The molecule has 2 aromatic rings. The SMILES string of the molecule is CNc1c(C(=O)Nc2ccccn2)cccc1C(F)(F)F. The lowest BCUT2D eigenvalue weighted by atomic mass is 10.1. The number of hydrogen-bond donors (Lipinski definition) is 2. The molecule has 0 aliphatic heterocycles. The number of halogens is 3. The Kier molecular flexibility index (Phi) is 4.11. The smallest absolute Gasteiger partial charge is 0.387 e. The van der Waals surface area contributed by atoms with E-state index in [-0.39, 0.29) is 17.1 Å². The zero-order valence-electron chi connectivity index (χ0n) is 11.0. The standard InChI is InChI=1S/C14H12F3N3O/c1-18-12-9(5-4-6-10(12)14(15,16)17)13(21)20-11-7-2-3-8-19-11/h2-8,18H,1H3,(H,19,20,21). The lowest BCUT2D eigenvalue weighted by molar-refractivity contribution is -0.136. The van der Waals surface area contributed by atoms with Crippen LogP contribution >= 0.6 is 0 Å². The van der Waals surface area contributed by atoms with Gasteiger partial charge in [-0.2, -0.15) is 13.2 Å². The summed E-state index contributed by atoms with van der Waals surface area (Å²) < 4.78 is 38.8. The Hall–Kier alpha value is -2.57. The summed E-state index contributed by atoms with van der Waals surface area (Å²) in [6, 6.07) is 8.30. The van der Waals surface area contributed by atoms with E-state index in [4.69, 9.17) is 0 Å². The van der Waals surface area contributed by atoms with Crippen LogP contribution in [0.15, 0.2) is 42.6 Å². The van der Waals surface area contributed by atoms with Crippen molar-refractivity contribution in [2.45, 2.75) is 6.18 Å². The first kappa shape index (κ1) is 14.8. The molecule has 0 radical (unpaired) electrons. The summed E-state index contributed by atoms with van der Waals surface area (Å²) in [5.41, 5.74) is -1.25. The molecular weight excluding hydrogens is 283 g/mol. The van der Waals surface area contributed by atoms with Gasteiger partial charge >= 0.3 is 6.18 Å². The van der Waals surface area contributed by atoms with Gasteiger partial charge in [0.2, 0.25) is 0 Å². The van der Waals surface area contributed by atoms with Crippen LogP contribution in [0.4, 0.5) is 24.7 Å². The Morgan fingerprint density at radius 2 is 1.90 bits per heavy atom. The number of hydrogen-bond acceptors (Lipinski definition) is 3. The number of para-hydroxylation sites is 1. The molecule has 21 heavy (non-hydrogen) atoms. The van der Waals surface area contributed by atoms with Crippen LogP contribution in [-0.2, 0) is 6.18 Å². The van der Waals surface area contributed by atoms with Crippen molar-refractivity contribution in [3.05, 3.63) is 53.7 Å². The molecule has 0 saturated heterocycles. The summed E-state index contributed by atoms with van der Waals surface area (Å²) in [7, 11) is 1.34. The van der Waals surface area contributed by atoms with Gasteiger partial charge in [-0.3, -0.25) is 4.79 Å². The van der Waals surface area contributed by atoms with Gasteiger partial charge in [0, 0.05) is 13.2 Å². The van der Waals surface area contributed by atoms with Crippen molar-refractivity contribution >= 4 is 17.4 Å². The number of alkyl halides is 3. The molecule has 0 saturated carbocycles. The van der Waals surface area contributed by atoms with Crippen LogP contribution < -0.4 is 10.6 Å². The molecule has 4 nitrogen and oxygen atoms in total. The van der Waals surface area contributed by atoms with Crippen molar-refractivity contribution < 1.29 is 18.0 Å². The molecule has 0 aliphatic rings. The fourth-order valence-electron chi connectivity index (χ4n) is 1.87. The van der Waals surface area contributed by atoms with Crippen LogP contribution in [0.3, 0.4) is 0 Å². The molecule has 0 fully saturated rings. The monoisotopic (exact) mass is 295 g/mol. The first-order chi connectivity index (χ1) is 9.93. The van der Waals surface area contributed by atoms with Crippen LogP contribution in [0.25, 0.3) is 0 Å². The van der Waals surface area contributed by atoms with Gasteiger partial charge in [0.15, 0.2) is 0 Å². The summed E-state index contributed by atoms with van der Waals surface area (Å²) >= 11 is 0. The molecule has 2 N–H and O–H groups in total. The zero-order valence-corrected chi connectivity index (χ0v) is 11.0. The van der Waals surface area contributed by atoms with Gasteiger partial charge in [-0.25, -0.2) is 4.98 Å². The highest BCUT2D eigenvalue weighted by Crippen LogP contribution is 2.36. The molecule has 110 valence electrons. The molecule has 1 aromatic carbocycles. The minimum absolute atomic E-state index is 0.0991. The Labute approximate surface area is 119 Å². The van der Waals surface area contributed by atoms with E-state index in [0.717, 1.165) is 6.07 Å². The van der Waals surface area contributed by atoms with Crippen LogP contribution in [0.5, 0.6) is 0 Å². The van der Waals surface area contributed by atoms with E-state index in [1.807, 2.05) is 0 Å². The third kappa shape index (κ3) is 3.31. The first-order valence-electron chi connectivity index (χ1n) is 6.04. The lowest BCUT2D eigenvalue weighted by Gasteiger charge is -2.16. The van der Waals surface area contributed by atoms with Crippen molar-refractivity contribution in [3.8, 4) is 0 Å². The second-order valence-corrected chi connectivity index (χ2v) is 4.14. The number of aromatic nitrogens is 1. The van der Waals surface area contributed by atoms with Crippen LogP contribution in [-0.4, -0.2) is 17.9 Å². The summed E-state index contributed by atoms with van der Waals surface area (Å²) in [6.45, 7) is 0. The van der Waals surface area contributed by atoms with Gasteiger partial charge in [-0.05, 0) is 24.3 Å². The minimum atomic E-state index is -4.54. The van der Waals surface area contributed by atoms with Gasteiger partial charge in [-0.15, -0.1) is 0 Å². The van der Waals surface area contributed by atoms with Crippen molar-refractivity contribution in [1.29, 1.82) is 0 Å². The summed E-state index contributed by atoms with van der Waals surface area (Å²) in [5, 5.41) is 4.89. The maximum Gasteiger partial charge on any atom is 0.418 e. The fourth-order valence-corrected chi connectivity index (χ4v) is 1.87. The Morgan fingerprint density at radius 1 is 1.14 bits per heavy atom. The number of nitrogens with zero attached hydrogens (tertiary/aromatic N) is 1. The number of carbonyl (C=O) groups is 1. The summed E-state index contributed by atoms with van der Waals surface area (Å²) in [5.74, 6) is -0.397. The van der Waals surface area contributed by atoms with Gasteiger partial charge in [-0.1, -0.05) is 12.1 Å². The molecule has 7 heteroatoms. The normalized spacial score (nSPS) is 11.0. The van der Waals surface area contributed by atoms with Gasteiger partial charge < -0.3 is 10.6 Å². The fraction of sp³-hybridized carbons (Fsp3) is 0.143. The highest BCUT2D eigenvalue weighted by atomic mass is 19.4. The van der Waals surface area contributed by atoms with Crippen molar-refractivity contribution in [3.63, 3.8) is 0 Å². The number of amides is 1. The van der Waals surface area contributed by atoms with E-state index in [9.17, 15) is 18.0 Å². The number of pyridine rings is 1. The third-order valence-corrected chi connectivity index (χ3v) is 2.77. The maximum absolute atomic E-state index is 12.9. The topological polar surface area (TPSA) is 54.0 Å². The van der Waals surface area contributed by atoms with Gasteiger partial charge in [0.25, 0.3) is 5.91 Å². The first-order valence-corrected chi connectivity index (χ1v) is 6.04. The van der Waals surface area contributed by atoms with E-state index in [1.54, 1.807) is 18.2 Å². The highest BCUT2D eigenvalue weighted by molar-refractivity contribution is 6.08. The molecule has 0 spiro atoms. The Morgan fingerprint density at radius 3 is 2.48 bits per heavy atom. The molecule has 0 bridgehead atoms. The molecular formula is C14H12F3N3O. The van der Waals surface area contributed by atoms with E-state index in [2.05, 4.69) is 15.6 Å². The van der Waals surface area contributed by atoms with Crippen molar-refractivity contribution in [2.24, 2.45) is 0 Å². The van der Waals surface area contributed by atoms with Crippen LogP contribution in [0.1, 0.15) is 15.9 Å². The zero-order chi connectivity index (χ0) is 15.5. The largest absolute Gasteiger partial charge is 0.418 e. The van der Waals surface area contributed by atoms with Crippen molar-refractivity contribution in [2.75, 3.05) is 17.7 Å². The number of carbonyl (C=O) groups excluding carboxylic acids is 1. The van der Waals surface area contributed by atoms with Crippen LogP contribution in [0, 0.1) is 0 Å². The number of rotatable bonds is 3. The molecule has 2 rings (SSSR count). The highest BCUT2D eigenvalue weighted by Gasteiger charge is 2.34. The number of nitrogens with one attached hydrogen (secondary N) is 2. The van der Waals surface area contributed by atoms with E-state index in [0.29, 0.717) is 0 Å². The Balaban J connectivity index is 2.38. The molecule has 0 atom stereocenters. The molecule has 1 aromatic heterocycles. The second kappa shape index (κ2) is 5.82. The van der Waals surface area contributed by atoms with E-state index >= 15 is 0 Å². The molecule has 0 aliphatic carbocycles. The van der Waals surface area contributed by atoms with Gasteiger partial charge in [0.1, 0.15) is 5.82 Å². The Bertz CT molecular complexity index is 642. The molecule has 1 amide bonds. The van der Waals surface area contributed by atoms with Crippen LogP contribution in [0.2, 0.25) is 0 Å². The van der Waals surface area contributed by atoms with Gasteiger partial charge in [0.05, 0.1) is 16.8 Å². The van der Waals surface area contributed by atoms with E-state index < -0.39 is 17.6 Å². The average molecular weight is 295 g/mol. The quantitative estimate of drug-likeness (QED) is 0.912. The molecule has 1 heterocycles. The number of anilines is 2. The predicted molar refractivity (Wildman–Crippen MR) is 73.2 cm³/mol. The summed E-state index contributed by atoms with van der Waals surface area (Å²) in [4.78, 5) is 16.0. The number of benzene rings is 1. The third-order valence-electron chi connectivity index (χ3n) is 2.77. The molecule has 0 unspecified atom stereocenters. The summed E-state index contributed by atoms with van der Waals surface area (Å²) in [6.07, 6.45) is -3.07. The van der Waals surface area contributed by atoms with E-state index in [1.165, 1.54) is 25.4 Å². The maximum atomic E-state index is 12.9. The van der Waals surface area contributed by atoms with Crippen molar-refractivity contribution in [1.82, 2.24) is 4.98 Å². The minimum Gasteiger partial charge on any atom is -0.387 e.